The lowest BCUT2D eigenvalue weighted by Gasteiger charge is -2.16. The first-order valence-electron chi connectivity index (χ1n) is 8.05. The maximum absolute atomic E-state index is 12.6. The number of esters is 1. The highest BCUT2D eigenvalue weighted by Gasteiger charge is 2.35. The standard InChI is InChI=1S/C16H16N6O6/c1-28-16(27)11-7-21(4-5-23)14(24)13(11)18-12-6-9(22-8-17-19-20-22)2-3-10(12)15(25)26/h2-3,6,8,18,23H,4-5,7H2,1H3,(H,25,26). The molecular weight excluding hydrogens is 372 g/mol. The summed E-state index contributed by atoms with van der Waals surface area (Å²) in [5.41, 5.74) is 0.301. The SMILES string of the molecule is COC(=O)C1=C(Nc2cc(-n3cnnn3)ccc2C(=O)O)C(=O)N(CCO)C1. The first-order chi connectivity index (χ1) is 13.5. The summed E-state index contributed by atoms with van der Waals surface area (Å²) in [4.78, 5) is 37.5. The highest BCUT2D eigenvalue weighted by atomic mass is 16.5. The number of carboxylic acids is 1. The summed E-state index contributed by atoms with van der Waals surface area (Å²) >= 11 is 0. The maximum Gasteiger partial charge on any atom is 0.337 e. The van der Waals surface area contributed by atoms with Crippen LogP contribution in [-0.2, 0) is 14.3 Å². The van der Waals surface area contributed by atoms with E-state index in [0.29, 0.717) is 5.69 Å². The molecule has 3 rings (SSSR count). The van der Waals surface area contributed by atoms with E-state index in [1.165, 1.54) is 41.2 Å². The van der Waals surface area contributed by atoms with E-state index in [2.05, 4.69) is 20.8 Å². The molecule has 1 aromatic heterocycles. The molecule has 0 unspecified atom stereocenters. The fourth-order valence-electron chi connectivity index (χ4n) is 2.73. The molecule has 146 valence electrons. The molecule has 12 nitrogen and oxygen atoms in total. The maximum atomic E-state index is 12.6. The van der Waals surface area contributed by atoms with Crippen molar-refractivity contribution in [2.24, 2.45) is 0 Å². The average Bonchev–Trinajstić information content (AvgIpc) is 3.32. The van der Waals surface area contributed by atoms with Crippen LogP contribution in [0.5, 0.6) is 0 Å². The van der Waals surface area contributed by atoms with Gasteiger partial charge in [-0.3, -0.25) is 4.79 Å². The van der Waals surface area contributed by atoms with Crippen molar-refractivity contribution >= 4 is 23.5 Å². The van der Waals surface area contributed by atoms with Gasteiger partial charge in [-0.2, -0.15) is 0 Å². The number of amides is 1. The summed E-state index contributed by atoms with van der Waals surface area (Å²) in [6.45, 7) is -0.340. The summed E-state index contributed by atoms with van der Waals surface area (Å²) < 4.78 is 6.02. The molecule has 0 atom stereocenters. The predicted molar refractivity (Wildman–Crippen MR) is 92.4 cm³/mol. The topological polar surface area (TPSA) is 160 Å². The van der Waals surface area contributed by atoms with Gasteiger partial charge in [-0.15, -0.1) is 5.10 Å². The molecule has 12 heteroatoms. The number of methoxy groups -OCH3 is 1. The van der Waals surface area contributed by atoms with Crippen molar-refractivity contribution in [3.05, 3.63) is 41.4 Å². The lowest BCUT2D eigenvalue weighted by molar-refractivity contribution is -0.136. The molecule has 1 aromatic carbocycles. The van der Waals surface area contributed by atoms with Crippen LogP contribution in [0.15, 0.2) is 35.8 Å². The molecule has 1 amide bonds. The van der Waals surface area contributed by atoms with Gasteiger partial charge in [-0.25, -0.2) is 14.3 Å². The third-order valence-corrected chi connectivity index (χ3v) is 4.06. The molecule has 28 heavy (non-hydrogen) atoms. The van der Waals surface area contributed by atoms with Crippen molar-refractivity contribution in [3.63, 3.8) is 0 Å². The van der Waals surface area contributed by atoms with Crippen molar-refractivity contribution in [2.75, 3.05) is 32.1 Å². The third kappa shape index (κ3) is 3.53. The van der Waals surface area contributed by atoms with Gasteiger partial charge in [0, 0.05) is 6.54 Å². The second kappa shape index (κ2) is 7.84. The number of carbonyl (C=O) groups is 3. The molecule has 0 saturated heterocycles. The molecule has 1 aliphatic rings. The molecular formula is C16H16N6O6. The number of nitrogens with zero attached hydrogens (tertiary/aromatic N) is 5. The fraction of sp³-hybridized carbons (Fsp3) is 0.250. The van der Waals surface area contributed by atoms with Gasteiger partial charge in [0.1, 0.15) is 12.0 Å². The van der Waals surface area contributed by atoms with Crippen molar-refractivity contribution in [2.45, 2.75) is 0 Å². The van der Waals surface area contributed by atoms with E-state index in [1.807, 2.05) is 0 Å². The minimum Gasteiger partial charge on any atom is -0.478 e. The van der Waals surface area contributed by atoms with Crippen LogP contribution in [0.2, 0.25) is 0 Å². The van der Waals surface area contributed by atoms with Gasteiger partial charge >= 0.3 is 11.9 Å². The van der Waals surface area contributed by atoms with Gasteiger partial charge in [-0.1, -0.05) is 0 Å². The van der Waals surface area contributed by atoms with E-state index in [4.69, 9.17) is 9.84 Å². The quantitative estimate of drug-likeness (QED) is 0.504. The molecule has 0 bridgehead atoms. The molecule has 0 saturated carbocycles. The van der Waals surface area contributed by atoms with Gasteiger partial charge in [0.25, 0.3) is 5.91 Å². The number of aromatic nitrogens is 4. The minimum atomic E-state index is -1.23. The van der Waals surface area contributed by atoms with E-state index in [1.54, 1.807) is 0 Å². The largest absolute Gasteiger partial charge is 0.478 e. The van der Waals surface area contributed by atoms with E-state index < -0.39 is 17.8 Å². The lowest BCUT2D eigenvalue weighted by atomic mass is 10.1. The van der Waals surface area contributed by atoms with E-state index >= 15 is 0 Å². The van der Waals surface area contributed by atoms with Gasteiger partial charge in [0.15, 0.2) is 0 Å². The van der Waals surface area contributed by atoms with Crippen molar-refractivity contribution in [3.8, 4) is 5.69 Å². The second-order valence-electron chi connectivity index (χ2n) is 5.71. The van der Waals surface area contributed by atoms with Crippen LogP contribution < -0.4 is 5.32 Å². The Balaban J connectivity index is 2.04. The molecule has 0 radical (unpaired) electrons. The molecule has 0 spiro atoms. The first kappa shape index (κ1) is 19.0. The van der Waals surface area contributed by atoms with E-state index in [9.17, 15) is 19.5 Å². The van der Waals surface area contributed by atoms with Gasteiger partial charge in [0.05, 0.1) is 42.8 Å². The number of rotatable bonds is 7. The molecule has 0 aliphatic carbocycles. The number of tetrazole rings is 1. The van der Waals surface area contributed by atoms with Crippen LogP contribution in [-0.4, -0.2) is 80.0 Å². The molecule has 2 heterocycles. The zero-order valence-corrected chi connectivity index (χ0v) is 14.7. The van der Waals surface area contributed by atoms with E-state index in [-0.39, 0.29) is 42.2 Å². The number of aliphatic hydroxyl groups excluding tert-OH is 1. The number of hydrogen-bond donors (Lipinski definition) is 3. The number of ether oxygens (including phenoxy) is 1. The van der Waals surface area contributed by atoms with Crippen LogP contribution in [0, 0.1) is 0 Å². The van der Waals surface area contributed by atoms with Crippen LogP contribution in [0.1, 0.15) is 10.4 Å². The Morgan fingerprint density at radius 3 is 2.75 bits per heavy atom. The number of hydrogen-bond acceptors (Lipinski definition) is 9. The Kier molecular flexibility index (Phi) is 5.31. The summed E-state index contributed by atoms with van der Waals surface area (Å²) in [7, 11) is 1.17. The molecule has 2 aromatic rings. The third-order valence-electron chi connectivity index (χ3n) is 4.06. The number of carbonyl (C=O) groups excluding carboxylic acids is 2. The second-order valence-corrected chi connectivity index (χ2v) is 5.71. The number of β-amino-alcohol motifs (C(OH)–C–C–N with tert-alkyl or cyclic N) is 1. The minimum absolute atomic E-state index is 0.0148. The molecule has 0 fully saturated rings. The summed E-state index contributed by atoms with van der Waals surface area (Å²) in [5.74, 6) is -2.52. The number of aromatic carboxylic acids is 1. The monoisotopic (exact) mass is 388 g/mol. The van der Waals surface area contributed by atoms with Crippen molar-refractivity contribution in [1.82, 2.24) is 25.1 Å². The average molecular weight is 388 g/mol. The highest BCUT2D eigenvalue weighted by molar-refractivity contribution is 6.09. The smallest absolute Gasteiger partial charge is 0.337 e. The van der Waals surface area contributed by atoms with Crippen LogP contribution in [0.3, 0.4) is 0 Å². The summed E-state index contributed by atoms with van der Waals surface area (Å²) in [5, 5.41) is 32.1. The highest BCUT2D eigenvalue weighted by Crippen LogP contribution is 2.26. The van der Waals surface area contributed by atoms with Crippen LogP contribution >= 0.6 is 0 Å². The van der Waals surface area contributed by atoms with Gasteiger partial charge < -0.3 is 25.2 Å². The van der Waals surface area contributed by atoms with Gasteiger partial charge in [-0.05, 0) is 28.6 Å². The Hall–Kier alpha value is -3.80. The number of anilines is 1. The predicted octanol–water partition coefficient (Wildman–Crippen LogP) is -0.966. The van der Waals surface area contributed by atoms with Crippen LogP contribution in [0.25, 0.3) is 5.69 Å². The zero-order valence-electron chi connectivity index (χ0n) is 14.7. The molecule has 1 aliphatic heterocycles. The number of carboxylic acid groups (broad SMARTS) is 1. The fourth-order valence-corrected chi connectivity index (χ4v) is 2.73. The summed E-state index contributed by atoms with van der Waals surface area (Å²) in [6, 6.07) is 4.25. The zero-order chi connectivity index (χ0) is 20.3. The number of nitrogens with one attached hydrogen (secondary N) is 1. The van der Waals surface area contributed by atoms with Crippen molar-refractivity contribution < 1.29 is 29.3 Å². The van der Waals surface area contributed by atoms with Gasteiger partial charge in [0.2, 0.25) is 0 Å². The number of benzene rings is 1. The van der Waals surface area contributed by atoms with Crippen LogP contribution in [0.4, 0.5) is 5.69 Å². The Labute approximate surface area is 158 Å². The summed E-state index contributed by atoms with van der Waals surface area (Å²) in [6.07, 6.45) is 1.32. The number of aliphatic hydroxyl groups is 1. The normalized spacial score (nSPS) is 13.8. The van der Waals surface area contributed by atoms with Crippen molar-refractivity contribution in [1.29, 1.82) is 0 Å². The first-order valence-corrected chi connectivity index (χ1v) is 8.05. The Bertz CT molecular complexity index is 955. The Morgan fingerprint density at radius 1 is 1.36 bits per heavy atom. The van der Waals surface area contributed by atoms with E-state index in [0.717, 1.165) is 0 Å². The molecule has 3 N–H and O–H groups in total. The lowest BCUT2D eigenvalue weighted by Crippen LogP contribution is -2.31. The Morgan fingerprint density at radius 2 is 2.14 bits per heavy atom.